The van der Waals surface area contributed by atoms with Crippen molar-refractivity contribution < 1.29 is 0 Å². The first kappa shape index (κ1) is 8.75. The second-order valence-corrected chi connectivity index (χ2v) is 4.54. The predicted molar refractivity (Wildman–Crippen MR) is 54.3 cm³/mol. The monoisotopic (exact) mass is 282 g/mol. The van der Waals surface area contributed by atoms with Gasteiger partial charge >= 0.3 is 0 Å². The molecular weight excluding hydrogens is 276 g/mol. The average Bonchev–Trinajstić information content (AvgIpc) is 2.30. The molecule has 0 bridgehead atoms. The third-order valence-corrected chi connectivity index (χ3v) is 3.91. The number of aryl methyl sites for hydroxylation is 1. The number of hydrogen-bond donors (Lipinski definition) is 0. The standard InChI is InChI=1S/C7H8Br2S/c1-5-2-6(3-8)7(4-9)10-5/h2H,3-4H2,1H3. The van der Waals surface area contributed by atoms with Crippen molar-refractivity contribution in [2.24, 2.45) is 0 Å². The Morgan fingerprint density at radius 3 is 2.50 bits per heavy atom. The average molecular weight is 284 g/mol. The minimum absolute atomic E-state index is 0.971. The Morgan fingerprint density at radius 1 is 1.40 bits per heavy atom. The van der Waals surface area contributed by atoms with Crippen molar-refractivity contribution >= 4 is 43.2 Å². The summed E-state index contributed by atoms with van der Waals surface area (Å²) in [5, 5.41) is 1.95. The number of rotatable bonds is 2. The van der Waals surface area contributed by atoms with E-state index in [1.807, 2.05) is 11.3 Å². The third-order valence-electron chi connectivity index (χ3n) is 1.29. The van der Waals surface area contributed by atoms with Crippen LogP contribution in [0.15, 0.2) is 6.07 Å². The molecule has 1 rings (SSSR count). The van der Waals surface area contributed by atoms with Crippen LogP contribution in [0.4, 0.5) is 0 Å². The van der Waals surface area contributed by atoms with Gasteiger partial charge in [-0.1, -0.05) is 31.9 Å². The molecule has 56 valence electrons. The van der Waals surface area contributed by atoms with Crippen molar-refractivity contribution in [3.05, 3.63) is 21.4 Å². The SMILES string of the molecule is Cc1cc(CBr)c(CBr)s1. The van der Waals surface area contributed by atoms with Gasteiger partial charge in [0.05, 0.1) is 0 Å². The zero-order valence-corrected chi connectivity index (χ0v) is 9.64. The molecule has 0 nitrogen and oxygen atoms in total. The Morgan fingerprint density at radius 2 is 2.10 bits per heavy atom. The smallest absolute Gasteiger partial charge is 0.0380 e. The largest absolute Gasteiger partial charge is 0.145 e. The molecule has 3 heteroatoms. The Kier molecular flexibility index (Phi) is 3.40. The number of hydrogen-bond acceptors (Lipinski definition) is 1. The lowest BCUT2D eigenvalue weighted by Gasteiger charge is -1.90. The van der Waals surface area contributed by atoms with Crippen LogP contribution in [0.2, 0.25) is 0 Å². The van der Waals surface area contributed by atoms with Gasteiger partial charge in [0, 0.05) is 20.4 Å². The molecule has 1 heterocycles. The van der Waals surface area contributed by atoms with Crippen LogP contribution in [0.25, 0.3) is 0 Å². The maximum absolute atomic E-state index is 3.45. The molecule has 0 aliphatic heterocycles. The van der Waals surface area contributed by atoms with Crippen LogP contribution in [0.5, 0.6) is 0 Å². The van der Waals surface area contributed by atoms with Crippen molar-refractivity contribution in [1.29, 1.82) is 0 Å². The number of thiophene rings is 1. The first-order valence-electron chi connectivity index (χ1n) is 2.98. The van der Waals surface area contributed by atoms with Gasteiger partial charge < -0.3 is 0 Å². The van der Waals surface area contributed by atoms with E-state index in [1.54, 1.807) is 0 Å². The van der Waals surface area contributed by atoms with Gasteiger partial charge in [0.15, 0.2) is 0 Å². The van der Waals surface area contributed by atoms with Crippen LogP contribution >= 0.6 is 43.2 Å². The molecule has 0 amide bonds. The first-order valence-corrected chi connectivity index (χ1v) is 6.04. The van der Waals surface area contributed by atoms with Crippen LogP contribution in [-0.4, -0.2) is 0 Å². The maximum Gasteiger partial charge on any atom is 0.0380 e. The summed E-state index contributed by atoms with van der Waals surface area (Å²) in [6.07, 6.45) is 0. The zero-order valence-electron chi connectivity index (χ0n) is 5.66. The van der Waals surface area contributed by atoms with Crippen molar-refractivity contribution in [2.75, 3.05) is 0 Å². The van der Waals surface area contributed by atoms with Gasteiger partial charge in [0.25, 0.3) is 0 Å². The van der Waals surface area contributed by atoms with Crippen molar-refractivity contribution in [3.63, 3.8) is 0 Å². The lowest BCUT2D eigenvalue weighted by Crippen LogP contribution is -1.76. The van der Waals surface area contributed by atoms with E-state index in [2.05, 4.69) is 44.8 Å². The van der Waals surface area contributed by atoms with Crippen molar-refractivity contribution in [3.8, 4) is 0 Å². The molecule has 1 aromatic rings. The third kappa shape index (κ3) is 1.83. The second kappa shape index (κ2) is 3.88. The molecule has 0 radical (unpaired) electrons. The molecule has 10 heavy (non-hydrogen) atoms. The summed E-state index contributed by atoms with van der Waals surface area (Å²) in [5.74, 6) is 0. The number of halogens is 2. The van der Waals surface area contributed by atoms with Crippen molar-refractivity contribution in [2.45, 2.75) is 17.6 Å². The van der Waals surface area contributed by atoms with E-state index in [4.69, 9.17) is 0 Å². The van der Waals surface area contributed by atoms with Crippen LogP contribution < -0.4 is 0 Å². The molecule has 0 spiro atoms. The Balaban J connectivity index is 2.96. The zero-order chi connectivity index (χ0) is 7.56. The number of alkyl halides is 2. The molecule has 0 aliphatic carbocycles. The predicted octanol–water partition coefficient (Wildman–Crippen LogP) is 3.85. The van der Waals surface area contributed by atoms with E-state index in [0.717, 1.165) is 10.7 Å². The molecule has 0 unspecified atom stereocenters. The quantitative estimate of drug-likeness (QED) is 0.724. The summed E-state index contributed by atoms with van der Waals surface area (Å²) in [6.45, 7) is 2.14. The highest BCUT2D eigenvalue weighted by molar-refractivity contribution is 9.09. The summed E-state index contributed by atoms with van der Waals surface area (Å²) in [5.41, 5.74) is 1.42. The van der Waals surface area contributed by atoms with Gasteiger partial charge in [-0.3, -0.25) is 0 Å². The van der Waals surface area contributed by atoms with Gasteiger partial charge in [-0.25, -0.2) is 0 Å². The highest BCUT2D eigenvalue weighted by Crippen LogP contribution is 2.25. The summed E-state index contributed by atoms with van der Waals surface area (Å²) in [7, 11) is 0. The minimum atomic E-state index is 0.971. The fourth-order valence-electron chi connectivity index (χ4n) is 0.841. The molecule has 0 atom stereocenters. The first-order chi connectivity index (χ1) is 4.77. The van der Waals surface area contributed by atoms with Gasteiger partial charge in [-0.05, 0) is 18.6 Å². The van der Waals surface area contributed by atoms with E-state index in [-0.39, 0.29) is 0 Å². The molecule has 0 fully saturated rings. The Labute approximate surface area is 81.9 Å². The highest BCUT2D eigenvalue weighted by Gasteiger charge is 2.02. The molecule has 1 aromatic heterocycles. The fraction of sp³-hybridized carbons (Fsp3) is 0.429. The van der Waals surface area contributed by atoms with Crippen LogP contribution in [0.3, 0.4) is 0 Å². The van der Waals surface area contributed by atoms with E-state index in [9.17, 15) is 0 Å². The fourth-order valence-corrected chi connectivity index (χ4v) is 3.14. The lowest BCUT2D eigenvalue weighted by atomic mass is 10.3. The van der Waals surface area contributed by atoms with E-state index in [0.29, 0.717) is 0 Å². The molecule has 0 N–H and O–H groups in total. The summed E-state index contributed by atoms with van der Waals surface area (Å²) in [4.78, 5) is 2.83. The van der Waals surface area contributed by atoms with Gasteiger partial charge in [0.1, 0.15) is 0 Å². The van der Waals surface area contributed by atoms with Crippen LogP contribution in [0, 0.1) is 6.92 Å². The minimum Gasteiger partial charge on any atom is -0.145 e. The summed E-state index contributed by atoms with van der Waals surface area (Å²) < 4.78 is 0. The second-order valence-electron chi connectivity index (χ2n) is 2.07. The summed E-state index contributed by atoms with van der Waals surface area (Å²) in [6, 6.07) is 2.23. The Bertz CT molecular complexity index is 196. The van der Waals surface area contributed by atoms with Crippen molar-refractivity contribution in [1.82, 2.24) is 0 Å². The topological polar surface area (TPSA) is 0 Å². The Hall–Kier alpha value is 0.660. The van der Waals surface area contributed by atoms with Crippen LogP contribution in [-0.2, 0) is 10.7 Å². The molecule has 0 saturated carbocycles. The molecule has 0 aliphatic rings. The maximum atomic E-state index is 3.45. The van der Waals surface area contributed by atoms with E-state index < -0.39 is 0 Å². The van der Waals surface area contributed by atoms with Gasteiger partial charge in [-0.2, -0.15) is 0 Å². The molecule has 0 aromatic carbocycles. The highest BCUT2D eigenvalue weighted by atomic mass is 79.9. The van der Waals surface area contributed by atoms with E-state index in [1.165, 1.54) is 15.3 Å². The summed E-state index contributed by atoms with van der Waals surface area (Å²) >= 11 is 8.76. The molecule has 0 saturated heterocycles. The lowest BCUT2D eigenvalue weighted by molar-refractivity contribution is 1.38. The van der Waals surface area contributed by atoms with Crippen LogP contribution in [0.1, 0.15) is 15.3 Å². The van der Waals surface area contributed by atoms with Gasteiger partial charge in [0.2, 0.25) is 0 Å². The van der Waals surface area contributed by atoms with Gasteiger partial charge in [-0.15, -0.1) is 11.3 Å². The molecular formula is C7H8Br2S. The van der Waals surface area contributed by atoms with E-state index >= 15 is 0 Å². The normalized spacial score (nSPS) is 10.3.